The minimum atomic E-state index is -0.623. The molecular formula is C29H25N3O6S. The number of anilines is 1. The summed E-state index contributed by atoms with van der Waals surface area (Å²) in [5.74, 6) is -0.349. The standard InChI is InChI=1S/C29H25N3O6S/c1-18-7-6-8-19(15-18)31-26(33)23(17-30)28-32(13-14-36-2)27(34)25(39-28)16-20-11-12-24(38-20)21-9-4-5-10-22(21)29(35)37-3/h4-12,15-16H,13-14H2,1-3H3,(H,31,33). The number of amides is 1. The van der Waals surface area contributed by atoms with Gasteiger partial charge in [0.25, 0.3) is 11.5 Å². The maximum Gasteiger partial charge on any atom is 0.338 e. The number of rotatable bonds is 8. The highest BCUT2D eigenvalue weighted by Gasteiger charge is 2.18. The summed E-state index contributed by atoms with van der Waals surface area (Å²) in [5.41, 5.74) is 1.79. The predicted molar refractivity (Wildman–Crippen MR) is 148 cm³/mol. The van der Waals surface area contributed by atoms with Gasteiger partial charge in [-0.05, 0) is 42.8 Å². The molecule has 0 fully saturated rings. The summed E-state index contributed by atoms with van der Waals surface area (Å²) >= 11 is 1.01. The van der Waals surface area contributed by atoms with E-state index in [1.165, 1.54) is 24.9 Å². The number of aromatic nitrogens is 1. The van der Waals surface area contributed by atoms with Crippen molar-refractivity contribution in [1.82, 2.24) is 4.57 Å². The van der Waals surface area contributed by atoms with Crippen LogP contribution < -0.4 is 20.1 Å². The third kappa shape index (κ3) is 6.06. The van der Waals surface area contributed by atoms with E-state index in [2.05, 4.69) is 5.32 Å². The average Bonchev–Trinajstić information content (AvgIpc) is 3.52. The predicted octanol–water partition coefficient (Wildman–Crippen LogP) is 3.05. The van der Waals surface area contributed by atoms with Gasteiger partial charge in [-0.25, -0.2) is 4.79 Å². The van der Waals surface area contributed by atoms with Gasteiger partial charge >= 0.3 is 5.97 Å². The summed E-state index contributed by atoms with van der Waals surface area (Å²) in [5, 5.41) is 12.6. The van der Waals surface area contributed by atoms with Crippen LogP contribution in [0.25, 0.3) is 23.0 Å². The summed E-state index contributed by atoms with van der Waals surface area (Å²) in [4.78, 5) is 38.6. The van der Waals surface area contributed by atoms with Crippen molar-refractivity contribution in [1.29, 1.82) is 5.26 Å². The Bertz CT molecular complexity index is 1760. The Morgan fingerprint density at radius 2 is 1.92 bits per heavy atom. The van der Waals surface area contributed by atoms with Crippen LogP contribution in [-0.2, 0) is 20.8 Å². The second-order valence-corrected chi connectivity index (χ2v) is 9.45. The van der Waals surface area contributed by atoms with E-state index in [0.717, 1.165) is 16.9 Å². The lowest BCUT2D eigenvalue weighted by atomic mass is 10.1. The molecule has 2 aromatic heterocycles. The van der Waals surface area contributed by atoms with Crippen LogP contribution in [0.5, 0.6) is 0 Å². The number of ether oxygens (including phenoxy) is 2. The molecule has 9 nitrogen and oxygen atoms in total. The van der Waals surface area contributed by atoms with E-state index in [-0.39, 0.29) is 27.9 Å². The van der Waals surface area contributed by atoms with Crippen molar-refractivity contribution in [2.45, 2.75) is 13.5 Å². The second kappa shape index (κ2) is 12.2. The number of esters is 1. The van der Waals surface area contributed by atoms with Gasteiger partial charge in [0.15, 0.2) is 5.57 Å². The van der Waals surface area contributed by atoms with Crippen LogP contribution in [0.15, 0.2) is 69.9 Å². The Morgan fingerprint density at radius 1 is 1.13 bits per heavy atom. The molecule has 0 spiro atoms. The first-order chi connectivity index (χ1) is 18.9. The fourth-order valence-corrected chi connectivity index (χ4v) is 5.00. The van der Waals surface area contributed by atoms with Crippen LogP contribution >= 0.6 is 11.3 Å². The number of furan rings is 1. The molecule has 39 heavy (non-hydrogen) atoms. The molecule has 0 unspecified atom stereocenters. The molecule has 2 aromatic carbocycles. The Balaban J connectivity index is 1.80. The Labute approximate surface area is 227 Å². The van der Waals surface area contributed by atoms with Crippen molar-refractivity contribution in [2.75, 3.05) is 26.1 Å². The summed E-state index contributed by atoms with van der Waals surface area (Å²) in [6.45, 7) is 2.24. The van der Waals surface area contributed by atoms with Gasteiger partial charge < -0.3 is 19.2 Å². The molecule has 0 aliphatic rings. The van der Waals surface area contributed by atoms with Crippen LogP contribution in [0, 0.1) is 18.3 Å². The number of methoxy groups -OCH3 is 2. The average molecular weight is 544 g/mol. The van der Waals surface area contributed by atoms with Gasteiger partial charge in [0.1, 0.15) is 22.3 Å². The van der Waals surface area contributed by atoms with Crippen molar-refractivity contribution in [3.63, 3.8) is 0 Å². The number of thiazole rings is 1. The number of benzene rings is 2. The Kier molecular flexibility index (Phi) is 8.56. The molecule has 0 atom stereocenters. The van der Waals surface area contributed by atoms with Crippen LogP contribution in [0.2, 0.25) is 0 Å². The van der Waals surface area contributed by atoms with Gasteiger partial charge in [-0.2, -0.15) is 5.26 Å². The maximum atomic E-state index is 13.3. The van der Waals surface area contributed by atoms with E-state index < -0.39 is 17.4 Å². The van der Waals surface area contributed by atoms with E-state index in [1.807, 2.05) is 19.1 Å². The molecule has 198 valence electrons. The Morgan fingerprint density at radius 3 is 2.64 bits per heavy atom. The van der Waals surface area contributed by atoms with Crippen molar-refractivity contribution in [2.24, 2.45) is 0 Å². The van der Waals surface area contributed by atoms with E-state index in [1.54, 1.807) is 54.6 Å². The van der Waals surface area contributed by atoms with Crippen molar-refractivity contribution in [3.05, 3.63) is 97.1 Å². The summed E-state index contributed by atoms with van der Waals surface area (Å²) in [6, 6.07) is 19.4. The lowest BCUT2D eigenvalue weighted by Crippen LogP contribution is -2.34. The van der Waals surface area contributed by atoms with Gasteiger partial charge in [-0.1, -0.05) is 30.3 Å². The lowest BCUT2D eigenvalue weighted by molar-refractivity contribution is -0.111. The van der Waals surface area contributed by atoms with Gasteiger partial charge in [0, 0.05) is 24.4 Å². The normalized spacial score (nSPS) is 12.1. The maximum absolute atomic E-state index is 13.3. The molecule has 1 N–H and O–H groups in total. The van der Waals surface area contributed by atoms with Crippen LogP contribution in [0.4, 0.5) is 5.69 Å². The molecule has 0 saturated heterocycles. The third-order valence-electron chi connectivity index (χ3n) is 5.75. The van der Waals surface area contributed by atoms with E-state index in [4.69, 9.17) is 13.9 Å². The van der Waals surface area contributed by atoms with Gasteiger partial charge in [-0.3, -0.25) is 14.2 Å². The molecule has 1 amide bonds. The van der Waals surface area contributed by atoms with Gasteiger partial charge in [0.2, 0.25) is 0 Å². The number of hydrogen-bond donors (Lipinski definition) is 1. The minimum absolute atomic E-state index is 0.147. The number of carbonyl (C=O) groups is 2. The molecule has 0 radical (unpaired) electrons. The van der Waals surface area contributed by atoms with Crippen molar-refractivity contribution < 1.29 is 23.5 Å². The molecule has 4 rings (SSSR count). The molecule has 10 heteroatoms. The summed E-state index contributed by atoms with van der Waals surface area (Å²) in [6.07, 6.45) is 1.54. The largest absolute Gasteiger partial charge is 0.465 e. The molecule has 0 bridgehead atoms. The van der Waals surface area contributed by atoms with Crippen molar-refractivity contribution in [3.8, 4) is 17.4 Å². The lowest BCUT2D eigenvalue weighted by Gasteiger charge is -2.06. The molecular weight excluding hydrogens is 518 g/mol. The molecule has 0 saturated carbocycles. The first-order valence-electron chi connectivity index (χ1n) is 11.9. The number of nitrogens with one attached hydrogen (secondary N) is 1. The summed E-state index contributed by atoms with van der Waals surface area (Å²) < 4.78 is 17.8. The highest BCUT2D eigenvalue weighted by atomic mass is 32.1. The monoisotopic (exact) mass is 543 g/mol. The zero-order valence-corrected chi connectivity index (χ0v) is 22.3. The first-order valence-corrected chi connectivity index (χ1v) is 12.7. The molecule has 4 aromatic rings. The SMILES string of the molecule is COCCn1c(=C(C#N)C(=O)Nc2cccc(C)c2)sc(=Cc2ccc(-c3ccccc3C(=O)OC)o2)c1=O. The summed E-state index contributed by atoms with van der Waals surface area (Å²) in [7, 11) is 2.80. The fraction of sp³-hybridized carbons (Fsp3) is 0.172. The van der Waals surface area contributed by atoms with Crippen LogP contribution in [0.1, 0.15) is 21.7 Å². The molecule has 0 aliphatic heterocycles. The number of aryl methyl sites for hydroxylation is 1. The van der Waals surface area contributed by atoms with Crippen LogP contribution in [0.3, 0.4) is 0 Å². The van der Waals surface area contributed by atoms with E-state index in [0.29, 0.717) is 28.3 Å². The highest BCUT2D eigenvalue weighted by molar-refractivity contribution is 7.07. The van der Waals surface area contributed by atoms with Crippen molar-refractivity contribution >= 4 is 40.5 Å². The number of carbonyl (C=O) groups excluding carboxylic acids is 2. The minimum Gasteiger partial charge on any atom is -0.465 e. The zero-order valence-electron chi connectivity index (χ0n) is 21.5. The quantitative estimate of drug-likeness (QED) is 0.339. The second-order valence-electron chi connectivity index (χ2n) is 8.41. The smallest absolute Gasteiger partial charge is 0.338 e. The van der Waals surface area contributed by atoms with Gasteiger partial charge in [-0.15, -0.1) is 11.3 Å². The van der Waals surface area contributed by atoms with Crippen LogP contribution in [-0.4, -0.2) is 37.3 Å². The number of hydrogen-bond acceptors (Lipinski definition) is 8. The highest BCUT2D eigenvalue weighted by Crippen LogP contribution is 2.26. The fourth-order valence-electron chi connectivity index (χ4n) is 3.89. The molecule has 0 aliphatic carbocycles. The number of nitriles is 1. The van der Waals surface area contributed by atoms with E-state index >= 15 is 0 Å². The van der Waals surface area contributed by atoms with E-state index in [9.17, 15) is 19.6 Å². The third-order valence-corrected chi connectivity index (χ3v) is 6.88. The van der Waals surface area contributed by atoms with Gasteiger partial charge in [0.05, 0.1) is 30.4 Å². The number of nitrogens with zero attached hydrogens (tertiary/aromatic N) is 2. The first kappa shape index (κ1) is 27.3. The zero-order chi connectivity index (χ0) is 27.9. The Hall–Kier alpha value is -4.72. The molecule has 2 heterocycles. The topological polar surface area (TPSA) is 124 Å².